The molecule has 0 aliphatic heterocycles. The summed E-state index contributed by atoms with van der Waals surface area (Å²) in [7, 11) is 0. The maximum absolute atomic E-state index is 13.7. The maximum atomic E-state index is 13.7. The monoisotopic (exact) mass is 330 g/mol. The number of hydrogen-bond donors (Lipinski definition) is 1. The molecule has 0 amide bonds. The van der Waals surface area contributed by atoms with E-state index in [1.807, 2.05) is 30.3 Å². The summed E-state index contributed by atoms with van der Waals surface area (Å²) in [5, 5.41) is 5.34. The van der Waals surface area contributed by atoms with Crippen LogP contribution in [0.1, 0.15) is 5.56 Å². The smallest absolute Gasteiger partial charge is 0.134 e. The lowest BCUT2D eigenvalue weighted by molar-refractivity contribution is 0.612. The van der Waals surface area contributed by atoms with Gasteiger partial charge in [-0.2, -0.15) is 0 Å². The van der Waals surface area contributed by atoms with Gasteiger partial charge in [-0.05, 0) is 29.7 Å². The molecule has 4 heteroatoms. The lowest BCUT2D eigenvalue weighted by Gasteiger charge is -2.09. The first-order valence-electron chi connectivity index (χ1n) is 6.25. The van der Waals surface area contributed by atoms with Gasteiger partial charge in [-0.25, -0.2) is 9.37 Å². The number of nitrogens with one attached hydrogen (secondary N) is 1. The number of aromatic nitrogens is 1. The number of hydrogen-bond acceptors (Lipinski definition) is 2. The SMILES string of the molecule is Fc1ccc(Br)cc1CNc1nccc2ccccc12. The number of benzene rings is 2. The van der Waals surface area contributed by atoms with Crippen molar-refractivity contribution in [2.24, 2.45) is 0 Å². The third-order valence-electron chi connectivity index (χ3n) is 3.13. The van der Waals surface area contributed by atoms with E-state index in [-0.39, 0.29) is 5.82 Å². The molecule has 1 aromatic heterocycles. The molecule has 100 valence electrons. The van der Waals surface area contributed by atoms with E-state index in [0.717, 1.165) is 21.1 Å². The molecule has 0 aliphatic rings. The Hall–Kier alpha value is -1.94. The van der Waals surface area contributed by atoms with Crippen molar-refractivity contribution in [2.45, 2.75) is 6.54 Å². The summed E-state index contributed by atoms with van der Waals surface area (Å²) in [6.45, 7) is 0.395. The first-order chi connectivity index (χ1) is 9.74. The fraction of sp³-hybridized carbons (Fsp3) is 0.0625. The molecule has 0 radical (unpaired) electrons. The van der Waals surface area contributed by atoms with E-state index in [1.54, 1.807) is 18.3 Å². The Morgan fingerprint density at radius 2 is 1.95 bits per heavy atom. The molecule has 3 rings (SSSR count). The number of halogens is 2. The van der Waals surface area contributed by atoms with Crippen LogP contribution < -0.4 is 5.32 Å². The van der Waals surface area contributed by atoms with E-state index < -0.39 is 0 Å². The number of nitrogens with zero attached hydrogens (tertiary/aromatic N) is 1. The molecule has 0 unspecified atom stereocenters. The zero-order chi connectivity index (χ0) is 13.9. The molecule has 0 fully saturated rings. The molecule has 0 bridgehead atoms. The van der Waals surface area contributed by atoms with Gasteiger partial charge in [0, 0.05) is 28.2 Å². The fourth-order valence-electron chi connectivity index (χ4n) is 2.12. The highest BCUT2D eigenvalue weighted by molar-refractivity contribution is 9.10. The minimum Gasteiger partial charge on any atom is -0.365 e. The molecule has 0 saturated heterocycles. The molecule has 0 atom stereocenters. The molecular weight excluding hydrogens is 319 g/mol. The number of anilines is 1. The number of rotatable bonds is 3. The standard InChI is InChI=1S/C16H12BrFN2/c17-13-5-6-15(18)12(9-13)10-20-16-14-4-2-1-3-11(14)7-8-19-16/h1-9H,10H2,(H,19,20). The summed E-state index contributed by atoms with van der Waals surface area (Å²) in [5.41, 5.74) is 0.606. The Labute approximate surface area is 124 Å². The minimum absolute atomic E-state index is 0.221. The molecule has 1 N–H and O–H groups in total. The van der Waals surface area contributed by atoms with Crippen molar-refractivity contribution >= 4 is 32.5 Å². The van der Waals surface area contributed by atoms with Crippen LogP contribution in [0.4, 0.5) is 10.2 Å². The first-order valence-corrected chi connectivity index (χ1v) is 7.05. The third-order valence-corrected chi connectivity index (χ3v) is 3.62. The van der Waals surface area contributed by atoms with Crippen LogP contribution in [0.2, 0.25) is 0 Å². The Balaban J connectivity index is 1.89. The summed E-state index contributed by atoms with van der Waals surface area (Å²) in [5.74, 6) is 0.545. The topological polar surface area (TPSA) is 24.9 Å². The lowest BCUT2D eigenvalue weighted by atomic mass is 10.1. The second-order valence-corrected chi connectivity index (χ2v) is 5.39. The van der Waals surface area contributed by atoms with Crippen molar-refractivity contribution in [1.29, 1.82) is 0 Å². The minimum atomic E-state index is -0.221. The van der Waals surface area contributed by atoms with E-state index in [9.17, 15) is 4.39 Å². The molecular formula is C16H12BrFN2. The summed E-state index contributed by atoms with van der Waals surface area (Å²) in [6.07, 6.45) is 1.75. The summed E-state index contributed by atoms with van der Waals surface area (Å²) < 4.78 is 14.6. The van der Waals surface area contributed by atoms with E-state index in [4.69, 9.17) is 0 Å². The van der Waals surface area contributed by atoms with E-state index in [1.165, 1.54) is 6.07 Å². The first kappa shape index (κ1) is 13.1. The van der Waals surface area contributed by atoms with Crippen molar-refractivity contribution in [3.8, 4) is 0 Å². The van der Waals surface area contributed by atoms with Crippen LogP contribution in [0.15, 0.2) is 59.2 Å². The van der Waals surface area contributed by atoms with Crippen LogP contribution in [0, 0.1) is 5.82 Å². The van der Waals surface area contributed by atoms with Gasteiger partial charge in [-0.1, -0.05) is 40.2 Å². The maximum Gasteiger partial charge on any atom is 0.134 e. The fourth-order valence-corrected chi connectivity index (χ4v) is 2.53. The van der Waals surface area contributed by atoms with Gasteiger partial charge in [-0.3, -0.25) is 0 Å². The predicted octanol–water partition coefficient (Wildman–Crippen LogP) is 4.75. The van der Waals surface area contributed by atoms with Gasteiger partial charge in [0.1, 0.15) is 11.6 Å². The second kappa shape index (κ2) is 5.59. The van der Waals surface area contributed by atoms with Crippen LogP contribution in [0.25, 0.3) is 10.8 Å². The van der Waals surface area contributed by atoms with E-state index >= 15 is 0 Å². The highest BCUT2D eigenvalue weighted by atomic mass is 79.9. The largest absolute Gasteiger partial charge is 0.365 e. The van der Waals surface area contributed by atoms with Crippen LogP contribution in [0.3, 0.4) is 0 Å². The Morgan fingerprint density at radius 1 is 1.10 bits per heavy atom. The predicted molar refractivity (Wildman–Crippen MR) is 83.2 cm³/mol. The second-order valence-electron chi connectivity index (χ2n) is 4.47. The van der Waals surface area contributed by atoms with Crippen molar-refractivity contribution in [1.82, 2.24) is 4.98 Å². The number of pyridine rings is 1. The molecule has 0 aliphatic carbocycles. The van der Waals surface area contributed by atoms with Gasteiger partial charge in [-0.15, -0.1) is 0 Å². The van der Waals surface area contributed by atoms with Crippen LogP contribution in [-0.2, 0) is 6.54 Å². The van der Waals surface area contributed by atoms with Crippen molar-refractivity contribution < 1.29 is 4.39 Å². The van der Waals surface area contributed by atoms with Gasteiger partial charge in [0.05, 0.1) is 0 Å². The summed E-state index contributed by atoms with van der Waals surface area (Å²) in [6, 6.07) is 14.9. The van der Waals surface area contributed by atoms with Crippen molar-refractivity contribution in [3.63, 3.8) is 0 Å². The molecule has 0 saturated carbocycles. The van der Waals surface area contributed by atoms with Crippen LogP contribution in [-0.4, -0.2) is 4.98 Å². The molecule has 2 nitrogen and oxygen atoms in total. The zero-order valence-electron chi connectivity index (χ0n) is 10.6. The normalized spacial score (nSPS) is 10.7. The van der Waals surface area contributed by atoms with Crippen LogP contribution >= 0.6 is 15.9 Å². The number of fused-ring (bicyclic) bond motifs is 1. The van der Waals surface area contributed by atoms with Crippen LogP contribution in [0.5, 0.6) is 0 Å². The molecule has 20 heavy (non-hydrogen) atoms. The molecule has 3 aromatic rings. The summed E-state index contributed by atoms with van der Waals surface area (Å²) >= 11 is 3.35. The van der Waals surface area contributed by atoms with E-state index in [0.29, 0.717) is 12.1 Å². The highest BCUT2D eigenvalue weighted by Crippen LogP contribution is 2.22. The molecule has 0 spiro atoms. The van der Waals surface area contributed by atoms with Gasteiger partial charge >= 0.3 is 0 Å². The highest BCUT2D eigenvalue weighted by Gasteiger charge is 2.05. The van der Waals surface area contributed by atoms with Gasteiger partial charge < -0.3 is 5.32 Å². The lowest BCUT2D eigenvalue weighted by Crippen LogP contribution is -2.03. The summed E-state index contributed by atoms with van der Waals surface area (Å²) in [4.78, 5) is 4.33. The Bertz CT molecular complexity index is 753. The Kier molecular flexibility index (Phi) is 3.65. The van der Waals surface area contributed by atoms with Crippen molar-refractivity contribution in [3.05, 3.63) is 70.6 Å². The molecule has 2 aromatic carbocycles. The Morgan fingerprint density at radius 3 is 2.85 bits per heavy atom. The van der Waals surface area contributed by atoms with Gasteiger partial charge in [0.25, 0.3) is 0 Å². The molecule has 1 heterocycles. The van der Waals surface area contributed by atoms with Gasteiger partial charge in [0.15, 0.2) is 0 Å². The quantitative estimate of drug-likeness (QED) is 0.749. The van der Waals surface area contributed by atoms with Gasteiger partial charge in [0.2, 0.25) is 0 Å². The average Bonchev–Trinajstić information content (AvgIpc) is 2.48. The zero-order valence-corrected chi connectivity index (χ0v) is 12.2. The average molecular weight is 331 g/mol. The van der Waals surface area contributed by atoms with E-state index in [2.05, 4.69) is 26.2 Å². The van der Waals surface area contributed by atoms with Crippen molar-refractivity contribution in [2.75, 3.05) is 5.32 Å². The third kappa shape index (κ3) is 2.65.